The zero-order valence-electron chi connectivity index (χ0n) is 15.6. The Hall–Kier alpha value is -0.619. The van der Waals surface area contributed by atoms with Gasteiger partial charge in [-0.2, -0.15) is 13.2 Å². The number of hydrogen-bond donors (Lipinski definition) is 0. The molecule has 0 aliphatic rings. The predicted octanol–water partition coefficient (Wildman–Crippen LogP) is 4.70. The fourth-order valence-corrected chi connectivity index (χ4v) is 14.1. The largest absolute Gasteiger partial charge is 0.496 e. The van der Waals surface area contributed by atoms with E-state index in [9.17, 15) is 13.2 Å². The first-order valence-electron chi connectivity index (χ1n) is 7.73. The number of halogens is 3. The van der Waals surface area contributed by atoms with Gasteiger partial charge in [-0.05, 0) is 63.1 Å². The molecular formula is C15H27F3O3Si3. The van der Waals surface area contributed by atoms with Gasteiger partial charge in [0.25, 0.3) is 0 Å². The summed E-state index contributed by atoms with van der Waals surface area (Å²) in [5.74, 6) is -0.197. The van der Waals surface area contributed by atoms with Crippen molar-refractivity contribution in [3.63, 3.8) is 0 Å². The highest BCUT2D eigenvalue weighted by molar-refractivity contribution is 6.94. The van der Waals surface area contributed by atoms with Gasteiger partial charge in [0.15, 0.2) is 16.6 Å². The highest BCUT2D eigenvalue weighted by atomic mass is 28.5. The molecule has 1 aromatic rings. The van der Waals surface area contributed by atoms with Crippen molar-refractivity contribution in [3.8, 4) is 5.75 Å². The minimum atomic E-state index is -4.46. The summed E-state index contributed by atoms with van der Waals surface area (Å²) in [5, 5.41) is 0.664. The van der Waals surface area contributed by atoms with Crippen molar-refractivity contribution in [2.45, 2.75) is 52.0 Å². The summed E-state index contributed by atoms with van der Waals surface area (Å²) >= 11 is 0. The SMILES string of the molecule is COc1cc([Si](C)(O[Si](C)(C)C)O[Si](C)(C)C)ccc1C(F)(F)F. The summed E-state index contributed by atoms with van der Waals surface area (Å²) in [5.41, 5.74) is -0.786. The van der Waals surface area contributed by atoms with Crippen LogP contribution in [0.2, 0.25) is 45.8 Å². The molecule has 0 aromatic heterocycles. The van der Waals surface area contributed by atoms with Crippen LogP contribution in [0.25, 0.3) is 0 Å². The van der Waals surface area contributed by atoms with E-state index in [1.165, 1.54) is 19.2 Å². The van der Waals surface area contributed by atoms with Gasteiger partial charge in [0.2, 0.25) is 0 Å². The number of hydrogen-bond acceptors (Lipinski definition) is 3. The van der Waals surface area contributed by atoms with Crippen molar-refractivity contribution >= 4 is 30.4 Å². The fraction of sp³-hybridized carbons (Fsp3) is 0.600. The molecule has 0 atom stereocenters. The topological polar surface area (TPSA) is 27.7 Å². The average molecular weight is 397 g/mol. The van der Waals surface area contributed by atoms with Gasteiger partial charge >= 0.3 is 14.7 Å². The minimum absolute atomic E-state index is 0.197. The molecule has 0 aliphatic carbocycles. The van der Waals surface area contributed by atoms with Crippen LogP contribution in [0.1, 0.15) is 5.56 Å². The lowest BCUT2D eigenvalue weighted by Crippen LogP contribution is -2.60. The molecule has 0 bridgehead atoms. The second-order valence-corrected chi connectivity index (χ2v) is 20.3. The number of rotatable bonds is 6. The van der Waals surface area contributed by atoms with Crippen molar-refractivity contribution in [2.24, 2.45) is 0 Å². The molecule has 0 fully saturated rings. The van der Waals surface area contributed by atoms with Crippen LogP contribution in [0.5, 0.6) is 5.75 Å². The third-order valence-electron chi connectivity index (χ3n) is 3.03. The van der Waals surface area contributed by atoms with E-state index < -0.39 is 36.9 Å². The Morgan fingerprint density at radius 3 is 1.62 bits per heavy atom. The van der Waals surface area contributed by atoms with Crippen LogP contribution in [0.15, 0.2) is 18.2 Å². The first kappa shape index (κ1) is 21.4. The molecular weight excluding hydrogens is 369 g/mol. The van der Waals surface area contributed by atoms with Gasteiger partial charge in [0.1, 0.15) is 5.75 Å². The van der Waals surface area contributed by atoms with Gasteiger partial charge in [-0.25, -0.2) is 0 Å². The standard InChI is InChI=1S/C15H27F3O3Si3/c1-19-14-11-12(9-10-13(14)15(16,17)18)24(8,20-22(2,3)4)21-23(5,6)7/h9-11H,1-8H3. The third kappa shape index (κ3) is 6.03. The van der Waals surface area contributed by atoms with E-state index in [1.807, 2.05) is 45.8 Å². The monoisotopic (exact) mass is 396 g/mol. The molecule has 0 spiro atoms. The Morgan fingerprint density at radius 2 is 1.29 bits per heavy atom. The number of ether oxygens (including phenoxy) is 1. The van der Waals surface area contributed by atoms with Crippen molar-refractivity contribution in [2.75, 3.05) is 7.11 Å². The first-order valence-corrected chi connectivity index (χ1v) is 16.9. The van der Waals surface area contributed by atoms with Gasteiger partial charge < -0.3 is 13.0 Å². The molecule has 0 amide bonds. The Kier molecular flexibility index (Phi) is 6.20. The maximum atomic E-state index is 13.1. The minimum Gasteiger partial charge on any atom is -0.496 e. The molecule has 0 unspecified atom stereocenters. The van der Waals surface area contributed by atoms with E-state index in [0.717, 1.165) is 6.07 Å². The van der Waals surface area contributed by atoms with E-state index in [0.29, 0.717) is 5.19 Å². The Balaban J connectivity index is 3.43. The quantitative estimate of drug-likeness (QED) is 0.653. The molecule has 9 heteroatoms. The van der Waals surface area contributed by atoms with Gasteiger partial charge in [0, 0.05) is 0 Å². The molecule has 0 aliphatic heterocycles. The Labute approximate surface area is 145 Å². The van der Waals surface area contributed by atoms with Crippen LogP contribution in [0, 0.1) is 0 Å². The van der Waals surface area contributed by atoms with Gasteiger partial charge in [-0.15, -0.1) is 0 Å². The zero-order chi connectivity index (χ0) is 19.0. The summed E-state index contributed by atoms with van der Waals surface area (Å²) < 4.78 is 57.0. The lowest BCUT2D eigenvalue weighted by Gasteiger charge is -2.38. The predicted molar refractivity (Wildman–Crippen MR) is 98.1 cm³/mol. The molecule has 3 nitrogen and oxygen atoms in total. The summed E-state index contributed by atoms with van der Waals surface area (Å²) in [6.07, 6.45) is -4.46. The maximum absolute atomic E-state index is 13.1. The molecule has 138 valence electrons. The molecule has 0 saturated heterocycles. The highest BCUT2D eigenvalue weighted by Gasteiger charge is 2.43. The Morgan fingerprint density at radius 1 is 0.833 bits per heavy atom. The van der Waals surface area contributed by atoms with Gasteiger partial charge in [0.05, 0.1) is 12.7 Å². The van der Waals surface area contributed by atoms with E-state index >= 15 is 0 Å². The maximum Gasteiger partial charge on any atom is 0.419 e. The molecule has 0 radical (unpaired) electrons. The summed E-state index contributed by atoms with van der Waals surface area (Å²) in [6.45, 7) is 14.2. The van der Waals surface area contributed by atoms with Crippen LogP contribution >= 0.6 is 0 Å². The normalized spacial score (nSPS) is 14.0. The second kappa shape index (κ2) is 6.95. The van der Waals surface area contributed by atoms with Crippen molar-refractivity contribution in [1.29, 1.82) is 0 Å². The molecule has 0 N–H and O–H groups in total. The molecule has 24 heavy (non-hydrogen) atoms. The number of benzene rings is 1. The second-order valence-electron chi connectivity index (χ2n) is 7.79. The van der Waals surface area contributed by atoms with Crippen molar-refractivity contribution < 1.29 is 26.1 Å². The zero-order valence-corrected chi connectivity index (χ0v) is 18.6. The molecule has 0 saturated carbocycles. The number of methoxy groups -OCH3 is 1. The lowest BCUT2D eigenvalue weighted by molar-refractivity contribution is -0.138. The fourth-order valence-electron chi connectivity index (χ4n) is 2.52. The first-order chi connectivity index (χ1) is 10.6. The van der Waals surface area contributed by atoms with Crippen LogP contribution in [-0.2, 0) is 14.4 Å². The molecule has 1 aromatic carbocycles. The van der Waals surface area contributed by atoms with E-state index in [-0.39, 0.29) is 5.75 Å². The Bertz CT molecular complexity index is 562. The summed E-state index contributed by atoms with van der Waals surface area (Å²) in [4.78, 5) is 0. The van der Waals surface area contributed by atoms with Crippen LogP contribution < -0.4 is 9.92 Å². The number of alkyl halides is 3. The van der Waals surface area contributed by atoms with Crippen LogP contribution in [-0.4, -0.2) is 32.3 Å². The molecule has 0 heterocycles. The lowest BCUT2D eigenvalue weighted by atomic mass is 10.2. The average Bonchev–Trinajstić information content (AvgIpc) is 2.32. The highest BCUT2D eigenvalue weighted by Crippen LogP contribution is 2.36. The summed E-state index contributed by atoms with van der Waals surface area (Å²) in [7, 11) is -5.52. The van der Waals surface area contributed by atoms with E-state index in [2.05, 4.69) is 0 Å². The van der Waals surface area contributed by atoms with Crippen LogP contribution in [0.4, 0.5) is 13.2 Å². The van der Waals surface area contributed by atoms with E-state index in [4.69, 9.17) is 13.0 Å². The molecule has 1 rings (SSSR count). The van der Waals surface area contributed by atoms with Crippen molar-refractivity contribution in [3.05, 3.63) is 23.8 Å². The van der Waals surface area contributed by atoms with Gasteiger partial charge in [-0.1, -0.05) is 6.07 Å². The van der Waals surface area contributed by atoms with Crippen LogP contribution in [0.3, 0.4) is 0 Å². The third-order valence-corrected chi connectivity index (χ3v) is 12.4. The summed E-state index contributed by atoms with van der Waals surface area (Å²) in [6, 6.07) is 3.95. The van der Waals surface area contributed by atoms with Gasteiger partial charge in [-0.3, -0.25) is 0 Å². The van der Waals surface area contributed by atoms with Crippen molar-refractivity contribution in [1.82, 2.24) is 0 Å². The smallest absolute Gasteiger partial charge is 0.419 e. The van der Waals surface area contributed by atoms with E-state index in [1.54, 1.807) is 0 Å².